The number of carbonyl (C=O) groups excluding carboxylic acids is 2. The summed E-state index contributed by atoms with van der Waals surface area (Å²) in [5.41, 5.74) is 1.33. The van der Waals surface area contributed by atoms with Crippen LogP contribution in [0, 0.1) is 0 Å². The molecule has 3 aliphatic rings. The molecule has 9 nitrogen and oxygen atoms in total. The van der Waals surface area contributed by atoms with Crippen molar-refractivity contribution in [3.8, 4) is 0 Å². The third-order valence-corrected chi connectivity index (χ3v) is 8.34. The first-order chi connectivity index (χ1) is 14.7. The van der Waals surface area contributed by atoms with Gasteiger partial charge in [0.25, 0.3) is 0 Å². The number of amides is 2. The van der Waals surface area contributed by atoms with Crippen molar-refractivity contribution in [2.45, 2.75) is 30.2 Å². The van der Waals surface area contributed by atoms with Gasteiger partial charge in [-0.3, -0.25) is 14.5 Å². The summed E-state index contributed by atoms with van der Waals surface area (Å²) in [7, 11) is 1.33. The van der Waals surface area contributed by atoms with Crippen molar-refractivity contribution in [2.75, 3.05) is 70.2 Å². The Morgan fingerprint density at radius 2 is 1.77 bits per heavy atom. The van der Waals surface area contributed by atoms with E-state index in [4.69, 9.17) is 0 Å². The van der Waals surface area contributed by atoms with E-state index >= 15 is 0 Å². The molecule has 0 N–H and O–H groups in total. The van der Waals surface area contributed by atoms with E-state index in [-0.39, 0.29) is 29.3 Å². The molecule has 31 heavy (non-hydrogen) atoms. The van der Waals surface area contributed by atoms with Gasteiger partial charge >= 0.3 is 0 Å². The van der Waals surface area contributed by atoms with E-state index in [1.54, 1.807) is 23.1 Å². The van der Waals surface area contributed by atoms with Crippen LogP contribution in [0.3, 0.4) is 0 Å². The number of carbonyl (C=O) groups is 2. The van der Waals surface area contributed by atoms with E-state index < -0.39 is 10.0 Å². The highest BCUT2D eigenvalue weighted by molar-refractivity contribution is 7.89. The number of nitrogens with zero attached hydrogens (tertiary/aromatic N) is 5. The molecule has 0 saturated carbocycles. The summed E-state index contributed by atoms with van der Waals surface area (Å²) in [6.07, 6.45) is 2.70. The van der Waals surface area contributed by atoms with E-state index in [2.05, 4.69) is 9.80 Å². The topological polar surface area (TPSA) is 84.5 Å². The quantitative estimate of drug-likeness (QED) is 0.662. The summed E-state index contributed by atoms with van der Waals surface area (Å²) < 4.78 is 26.6. The van der Waals surface area contributed by atoms with Gasteiger partial charge in [-0.1, -0.05) is 0 Å². The third kappa shape index (κ3) is 4.04. The summed E-state index contributed by atoms with van der Waals surface area (Å²) in [5, 5.41) is 0. The van der Waals surface area contributed by atoms with Crippen molar-refractivity contribution in [2.24, 2.45) is 0 Å². The number of rotatable bonds is 4. The Balaban J connectivity index is 1.70. The molecule has 1 unspecified atom stereocenters. The van der Waals surface area contributed by atoms with E-state index in [0.29, 0.717) is 18.8 Å². The molecule has 2 saturated heterocycles. The highest BCUT2D eigenvalue weighted by atomic mass is 32.2. The van der Waals surface area contributed by atoms with Crippen LogP contribution in [0.2, 0.25) is 0 Å². The van der Waals surface area contributed by atoms with Crippen LogP contribution in [-0.2, 0) is 19.6 Å². The molecule has 0 aromatic heterocycles. The van der Waals surface area contributed by atoms with E-state index in [9.17, 15) is 18.0 Å². The number of benzene rings is 1. The minimum absolute atomic E-state index is 0.0641. The van der Waals surface area contributed by atoms with Crippen LogP contribution < -0.4 is 9.80 Å². The van der Waals surface area contributed by atoms with Crippen LogP contribution in [0.15, 0.2) is 23.1 Å². The fraction of sp³-hybridized carbons (Fsp3) is 0.619. The molecule has 0 spiro atoms. The lowest BCUT2D eigenvalue weighted by atomic mass is 9.96. The predicted octanol–water partition coefficient (Wildman–Crippen LogP) is 0.416. The van der Waals surface area contributed by atoms with Crippen LogP contribution in [0.5, 0.6) is 0 Å². The Kier molecular flexibility index (Phi) is 5.97. The van der Waals surface area contributed by atoms with Crippen molar-refractivity contribution < 1.29 is 18.0 Å². The molecule has 3 heterocycles. The largest absolute Gasteiger partial charge is 0.358 e. The van der Waals surface area contributed by atoms with Crippen molar-refractivity contribution in [1.82, 2.24) is 14.1 Å². The Hall–Kier alpha value is -2.17. The van der Waals surface area contributed by atoms with Gasteiger partial charge < -0.3 is 14.7 Å². The first-order valence-electron chi connectivity index (χ1n) is 10.8. The number of piperidine rings is 1. The lowest BCUT2D eigenvalue weighted by Crippen LogP contribution is -2.58. The van der Waals surface area contributed by atoms with Crippen LogP contribution in [0.25, 0.3) is 0 Å². The summed E-state index contributed by atoms with van der Waals surface area (Å²) in [6.45, 7) is 3.56. The Morgan fingerprint density at radius 3 is 2.45 bits per heavy atom. The Labute approximate surface area is 184 Å². The standard InChI is InChI=1S/C21H31N5O4S/c1-22(2)31(29,30)16-7-8-17-19(14-16)26(21(28)18-6-4-5-9-25(17)18)15-20(27)24-12-10-23(3)11-13-24/h7-8,14,18H,4-6,9-13,15H2,1-3H3. The molecule has 1 aromatic carbocycles. The molecule has 2 fully saturated rings. The highest BCUT2D eigenvalue weighted by Crippen LogP contribution is 2.40. The SMILES string of the molecule is CN1CCN(C(=O)CN2C(=O)C3CCCCN3c3ccc(S(=O)(=O)N(C)C)cc32)CC1. The maximum absolute atomic E-state index is 13.4. The second kappa shape index (κ2) is 8.40. The molecule has 4 rings (SSSR count). The molecule has 2 amide bonds. The van der Waals surface area contributed by atoms with Gasteiger partial charge in [0, 0.05) is 46.8 Å². The molecule has 170 valence electrons. The fourth-order valence-corrected chi connectivity index (χ4v) is 5.49. The molecule has 1 aromatic rings. The summed E-state index contributed by atoms with van der Waals surface area (Å²) >= 11 is 0. The maximum Gasteiger partial charge on any atom is 0.250 e. The molecule has 0 aliphatic carbocycles. The van der Waals surface area contributed by atoms with Gasteiger partial charge in [0.2, 0.25) is 21.8 Å². The van der Waals surface area contributed by atoms with Crippen LogP contribution in [0.1, 0.15) is 19.3 Å². The molecular weight excluding hydrogens is 418 g/mol. The van der Waals surface area contributed by atoms with Gasteiger partial charge in [0.1, 0.15) is 12.6 Å². The number of hydrogen-bond acceptors (Lipinski definition) is 6. The van der Waals surface area contributed by atoms with E-state index in [0.717, 1.165) is 48.9 Å². The van der Waals surface area contributed by atoms with Crippen LogP contribution in [0.4, 0.5) is 11.4 Å². The van der Waals surface area contributed by atoms with Crippen LogP contribution >= 0.6 is 0 Å². The van der Waals surface area contributed by atoms with Crippen LogP contribution in [-0.4, -0.2) is 101 Å². The number of piperazine rings is 1. The minimum atomic E-state index is -3.66. The first kappa shape index (κ1) is 22.0. The first-order valence-corrected chi connectivity index (χ1v) is 12.2. The van der Waals surface area contributed by atoms with Crippen molar-refractivity contribution in [3.05, 3.63) is 18.2 Å². The maximum atomic E-state index is 13.4. The van der Waals surface area contributed by atoms with E-state index in [1.165, 1.54) is 19.0 Å². The monoisotopic (exact) mass is 449 g/mol. The lowest BCUT2D eigenvalue weighted by molar-refractivity contribution is -0.133. The van der Waals surface area contributed by atoms with Gasteiger partial charge in [-0.25, -0.2) is 12.7 Å². The zero-order valence-corrected chi connectivity index (χ0v) is 19.3. The summed E-state index contributed by atoms with van der Waals surface area (Å²) in [6, 6.07) is 4.63. The molecule has 1 atom stereocenters. The van der Waals surface area contributed by atoms with Gasteiger partial charge in [-0.2, -0.15) is 0 Å². The minimum Gasteiger partial charge on any atom is -0.358 e. The average molecular weight is 450 g/mol. The highest BCUT2D eigenvalue weighted by Gasteiger charge is 2.41. The van der Waals surface area contributed by atoms with E-state index in [1.807, 2.05) is 7.05 Å². The Bertz CT molecular complexity index is 972. The van der Waals surface area contributed by atoms with Gasteiger partial charge in [-0.05, 0) is 44.5 Å². The summed E-state index contributed by atoms with van der Waals surface area (Å²) in [5.74, 6) is -0.216. The second-order valence-electron chi connectivity index (χ2n) is 8.75. The molecule has 10 heteroatoms. The van der Waals surface area contributed by atoms with Crippen molar-refractivity contribution in [1.29, 1.82) is 0 Å². The second-order valence-corrected chi connectivity index (χ2v) is 10.9. The van der Waals surface area contributed by atoms with Gasteiger partial charge in [-0.15, -0.1) is 0 Å². The average Bonchev–Trinajstić information content (AvgIpc) is 2.76. The smallest absolute Gasteiger partial charge is 0.250 e. The zero-order valence-electron chi connectivity index (χ0n) is 18.5. The summed E-state index contributed by atoms with van der Waals surface area (Å²) in [4.78, 5) is 34.2. The van der Waals surface area contributed by atoms with Gasteiger partial charge in [0.05, 0.1) is 16.3 Å². The number of hydrogen-bond donors (Lipinski definition) is 0. The molecule has 3 aliphatic heterocycles. The normalized spacial score (nSPS) is 22.5. The molecule has 0 bridgehead atoms. The number of likely N-dealkylation sites (N-methyl/N-ethyl adjacent to an activating group) is 1. The zero-order chi connectivity index (χ0) is 22.3. The number of anilines is 2. The fourth-order valence-electron chi connectivity index (χ4n) is 4.56. The predicted molar refractivity (Wildman–Crippen MR) is 119 cm³/mol. The third-order valence-electron chi connectivity index (χ3n) is 6.53. The van der Waals surface area contributed by atoms with Gasteiger partial charge in [0.15, 0.2) is 0 Å². The Morgan fingerprint density at radius 1 is 1.06 bits per heavy atom. The lowest BCUT2D eigenvalue weighted by Gasteiger charge is -2.45. The molecule has 0 radical (unpaired) electrons. The van der Waals surface area contributed by atoms with Crippen molar-refractivity contribution >= 4 is 33.2 Å². The molecular formula is C21H31N5O4S. The number of fused-ring (bicyclic) bond motifs is 3. The van der Waals surface area contributed by atoms with Crippen molar-refractivity contribution in [3.63, 3.8) is 0 Å². The number of sulfonamides is 1.